The molecule has 2 aromatic carbocycles. The summed E-state index contributed by atoms with van der Waals surface area (Å²) in [5.74, 6) is -0.815. The first-order chi connectivity index (χ1) is 12.8. The summed E-state index contributed by atoms with van der Waals surface area (Å²) < 4.78 is 11.2. The predicted molar refractivity (Wildman–Crippen MR) is 106 cm³/mol. The van der Waals surface area contributed by atoms with Gasteiger partial charge in [0.05, 0.1) is 11.1 Å². The molecule has 0 bridgehead atoms. The first-order valence-electron chi connectivity index (χ1n) is 9.37. The molecule has 2 unspecified atom stereocenters. The Hall–Kier alpha value is -2.62. The molecule has 0 radical (unpaired) electrons. The highest BCUT2D eigenvalue weighted by Gasteiger charge is 2.28. The van der Waals surface area contributed by atoms with Gasteiger partial charge < -0.3 is 9.47 Å². The van der Waals surface area contributed by atoms with Gasteiger partial charge in [0, 0.05) is 5.92 Å². The molecule has 0 saturated carbocycles. The zero-order valence-corrected chi connectivity index (χ0v) is 16.7. The standard InChI is InChI=1S/C23H28O4/c1-6-21(17(4)26-22(24)19-11-7-15(2)8-12-19)18(5)27-23(25)20-13-9-16(3)10-14-20/h7-14,17-18,21H,6H2,1-5H3. The van der Waals surface area contributed by atoms with Gasteiger partial charge in [-0.05, 0) is 58.4 Å². The Bertz CT molecular complexity index is 696. The van der Waals surface area contributed by atoms with Crippen LogP contribution in [-0.4, -0.2) is 24.1 Å². The molecule has 0 aromatic heterocycles. The van der Waals surface area contributed by atoms with E-state index < -0.39 is 0 Å². The minimum absolute atomic E-state index is 0.0891. The van der Waals surface area contributed by atoms with Crippen LogP contribution >= 0.6 is 0 Å². The fourth-order valence-electron chi connectivity index (χ4n) is 3.07. The Morgan fingerprint density at radius 1 is 0.741 bits per heavy atom. The van der Waals surface area contributed by atoms with Crippen LogP contribution in [0.15, 0.2) is 48.5 Å². The number of esters is 2. The van der Waals surface area contributed by atoms with Crippen LogP contribution in [0.5, 0.6) is 0 Å². The lowest BCUT2D eigenvalue weighted by Crippen LogP contribution is -2.34. The summed E-state index contributed by atoms with van der Waals surface area (Å²) in [6.07, 6.45) is -0.0146. The molecule has 2 rings (SSSR count). The molecule has 144 valence electrons. The summed E-state index contributed by atoms with van der Waals surface area (Å²) in [5.41, 5.74) is 3.21. The monoisotopic (exact) mass is 368 g/mol. The quantitative estimate of drug-likeness (QED) is 0.637. The average Bonchev–Trinajstić information content (AvgIpc) is 2.63. The number of carbonyl (C=O) groups excluding carboxylic acids is 2. The van der Waals surface area contributed by atoms with Crippen molar-refractivity contribution >= 4 is 11.9 Å². The molecule has 4 nitrogen and oxygen atoms in total. The van der Waals surface area contributed by atoms with E-state index in [2.05, 4.69) is 0 Å². The summed E-state index contributed by atoms with van der Waals surface area (Å²) in [7, 11) is 0. The van der Waals surface area contributed by atoms with E-state index in [-0.39, 0.29) is 30.1 Å². The van der Waals surface area contributed by atoms with Crippen LogP contribution < -0.4 is 0 Å². The molecule has 0 aliphatic rings. The van der Waals surface area contributed by atoms with Crippen molar-refractivity contribution in [2.75, 3.05) is 0 Å². The maximum atomic E-state index is 12.4. The average molecular weight is 368 g/mol. The zero-order valence-electron chi connectivity index (χ0n) is 16.7. The normalized spacial score (nSPS) is 14.1. The van der Waals surface area contributed by atoms with Gasteiger partial charge in [0.15, 0.2) is 0 Å². The molecule has 2 aromatic rings. The summed E-state index contributed by atoms with van der Waals surface area (Å²) in [6, 6.07) is 14.5. The van der Waals surface area contributed by atoms with Gasteiger partial charge in [-0.1, -0.05) is 42.3 Å². The van der Waals surface area contributed by atoms with Crippen LogP contribution in [0.1, 0.15) is 59.0 Å². The van der Waals surface area contributed by atoms with Crippen LogP contribution in [0, 0.1) is 19.8 Å². The first-order valence-corrected chi connectivity index (χ1v) is 9.37. The number of hydrogen-bond acceptors (Lipinski definition) is 4. The molecule has 2 atom stereocenters. The van der Waals surface area contributed by atoms with Gasteiger partial charge in [0.1, 0.15) is 12.2 Å². The molecule has 0 N–H and O–H groups in total. The van der Waals surface area contributed by atoms with E-state index in [1.165, 1.54) is 0 Å². The highest BCUT2D eigenvalue weighted by atomic mass is 16.6. The van der Waals surface area contributed by atoms with Crippen molar-refractivity contribution in [3.63, 3.8) is 0 Å². The van der Waals surface area contributed by atoms with Gasteiger partial charge in [0.2, 0.25) is 0 Å². The highest BCUT2D eigenvalue weighted by Crippen LogP contribution is 2.22. The number of hydrogen-bond donors (Lipinski definition) is 0. The third-order valence-corrected chi connectivity index (χ3v) is 4.84. The smallest absolute Gasteiger partial charge is 0.338 e. The summed E-state index contributed by atoms with van der Waals surface area (Å²) in [4.78, 5) is 24.7. The van der Waals surface area contributed by atoms with Gasteiger partial charge >= 0.3 is 11.9 Å². The van der Waals surface area contributed by atoms with Crippen LogP contribution in [0.2, 0.25) is 0 Å². The molecule has 27 heavy (non-hydrogen) atoms. The lowest BCUT2D eigenvalue weighted by molar-refractivity contribution is -0.0232. The summed E-state index contributed by atoms with van der Waals surface area (Å²) in [5, 5.41) is 0. The van der Waals surface area contributed by atoms with E-state index >= 15 is 0 Å². The van der Waals surface area contributed by atoms with Crippen molar-refractivity contribution in [1.82, 2.24) is 0 Å². The molecule has 4 heteroatoms. The van der Waals surface area contributed by atoms with Crippen molar-refractivity contribution in [2.24, 2.45) is 5.92 Å². The van der Waals surface area contributed by atoms with E-state index in [4.69, 9.17) is 9.47 Å². The second-order valence-corrected chi connectivity index (χ2v) is 7.03. The largest absolute Gasteiger partial charge is 0.459 e. The van der Waals surface area contributed by atoms with Crippen molar-refractivity contribution in [3.05, 3.63) is 70.8 Å². The van der Waals surface area contributed by atoms with Gasteiger partial charge in [0.25, 0.3) is 0 Å². The number of benzene rings is 2. The van der Waals surface area contributed by atoms with Gasteiger partial charge in [-0.2, -0.15) is 0 Å². The zero-order chi connectivity index (χ0) is 20.0. The molecular weight excluding hydrogens is 340 g/mol. The van der Waals surface area contributed by atoms with Crippen molar-refractivity contribution in [3.8, 4) is 0 Å². The second-order valence-electron chi connectivity index (χ2n) is 7.03. The third kappa shape index (κ3) is 5.68. The van der Waals surface area contributed by atoms with Gasteiger partial charge in [-0.3, -0.25) is 0 Å². The Balaban J connectivity index is 1.98. The maximum Gasteiger partial charge on any atom is 0.338 e. The Labute approximate surface area is 161 Å². The third-order valence-electron chi connectivity index (χ3n) is 4.84. The van der Waals surface area contributed by atoms with Crippen LogP contribution in [0.25, 0.3) is 0 Å². The van der Waals surface area contributed by atoms with Gasteiger partial charge in [-0.25, -0.2) is 9.59 Å². The van der Waals surface area contributed by atoms with Crippen molar-refractivity contribution in [2.45, 2.75) is 53.2 Å². The topological polar surface area (TPSA) is 52.6 Å². The molecule has 0 fully saturated rings. The van der Waals surface area contributed by atoms with Crippen LogP contribution in [0.3, 0.4) is 0 Å². The minimum atomic E-state index is -0.371. The number of ether oxygens (including phenoxy) is 2. The van der Waals surface area contributed by atoms with E-state index in [1.54, 1.807) is 24.3 Å². The van der Waals surface area contributed by atoms with Gasteiger partial charge in [-0.15, -0.1) is 0 Å². The molecular formula is C23H28O4. The van der Waals surface area contributed by atoms with E-state index in [1.807, 2.05) is 58.9 Å². The first kappa shape index (κ1) is 20.7. The Morgan fingerprint density at radius 3 is 1.37 bits per heavy atom. The number of carbonyl (C=O) groups is 2. The maximum absolute atomic E-state index is 12.4. The summed E-state index contributed by atoms with van der Waals surface area (Å²) >= 11 is 0. The summed E-state index contributed by atoms with van der Waals surface area (Å²) in [6.45, 7) is 9.62. The van der Waals surface area contributed by atoms with Crippen LogP contribution in [0.4, 0.5) is 0 Å². The second kappa shape index (κ2) is 9.36. The lowest BCUT2D eigenvalue weighted by atomic mass is 9.94. The van der Waals surface area contributed by atoms with Crippen LogP contribution in [-0.2, 0) is 9.47 Å². The molecule has 0 aliphatic heterocycles. The Morgan fingerprint density at radius 2 is 1.07 bits per heavy atom. The fraction of sp³-hybridized carbons (Fsp3) is 0.391. The predicted octanol–water partition coefficient (Wildman–Crippen LogP) is 5.12. The number of rotatable bonds is 7. The molecule has 0 aliphatic carbocycles. The highest BCUT2D eigenvalue weighted by molar-refractivity contribution is 5.90. The molecule has 0 amide bonds. The van der Waals surface area contributed by atoms with E-state index in [0.717, 1.165) is 17.5 Å². The Kier molecular flexibility index (Phi) is 7.17. The molecule has 0 spiro atoms. The fourth-order valence-corrected chi connectivity index (χ4v) is 3.07. The van der Waals surface area contributed by atoms with Crippen molar-refractivity contribution in [1.29, 1.82) is 0 Å². The lowest BCUT2D eigenvalue weighted by Gasteiger charge is -2.28. The SMILES string of the molecule is CCC(C(C)OC(=O)c1ccc(C)cc1)C(C)OC(=O)c1ccc(C)cc1. The molecule has 0 heterocycles. The minimum Gasteiger partial charge on any atom is -0.459 e. The van der Waals surface area contributed by atoms with E-state index in [9.17, 15) is 9.59 Å². The van der Waals surface area contributed by atoms with E-state index in [0.29, 0.717) is 11.1 Å². The molecule has 0 saturated heterocycles. The van der Waals surface area contributed by atoms with Crippen molar-refractivity contribution < 1.29 is 19.1 Å². The number of aryl methyl sites for hydroxylation is 2.